The molecule has 0 atom stereocenters. The van der Waals surface area contributed by atoms with E-state index in [2.05, 4.69) is 54.8 Å². The maximum Gasteiger partial charge on any atom is 0.171 e. The Balaban J connectivity index is 2.12. The van der Waals surface area contributed by atoms with E-state index in [1.165, 1.54) is 17.7 Å². The fourth-order valence-electron chi connectivity index (χ4n) is 1.79. The lowest BCUT2D eigenvalue weighted by Crippen LogP contribution is -2.01. The molecule has 1 saturated carbocycles. The van der Waals surface area contributed by atoms with E-state index in [1.807, 2.05) is 0 Å². The fraction of sp³-hybridized carbons (Fsp3) is 0.333. The zero-order valence-electron chi connectivity index (χ0n) is 9.70. The van der Waals surface area contributed by atoms with Crippen LogP contribution < -0.4 is 5.73 Å². The highest BCUT2D eigenvalue weighted by Crippen LogP contribution is 2.44. The molecule has 94 valence electrons. The van der Waals surface area contributed by atoms with Gasteiger partial charge in [-0.1, -0.05) is 0 Å². The Morgan fingerprint density at radius 1 is 1.33 bits per heavy atom. The largest absolute Gasteiger partial charge is 0.383 e. The molecule has 1 aliphatic rings. The summed E-state index contributed by atoms with van der Waals surface area (Å²) in [4.78, 5) is 11.3. The number of halogens is 2. The number of nitrogen functional groups attached to an aromatic ring is 1. The molecule has 1 fully saturated rings. The van der Waals surface area contributed by atoms with Crippen molar-refractivity contribution in [3.63, 3.8) is 0 Å². The SMILES string of the molecule is Cc1sc(-c2nc(N)c(Br)c(C3CC3)n2)cc1Br. The quantitative estimate of drug-likeness (QED) is 0.823. The van der Waals surface area contributed by atoms with E-state index in [0.717, 1.165) is 25.3 Å². The fourth-order valence-corrected chi connectivity index (χ4v) is 3.76. The van der Waals surface area contributed by atoms with Gasteiger partial charge in [0, 0.05) is 15.3 Å². The van der Waals surface area contributed by atoms with Crippen LogP contribution in [0.4, 0.5) is 5.82 Å². The average molecular weight is 389 g/mol. The number of aryl methyl sites for hydroxylation is 1. The van der Waals surface area contributed by atoms with Gasteiger partial charge in [-0.3, -0.25) is 0 Å². The lowest BCUT2D eigenvalue weighted by Gasteiger charge is -2.06. The van der Waals surface area contributed by atoms with E-state index in [0.29, 0.717) is 11.7 Å². The first-order valence-electron chi connectivity index (χ1n) is 5.65. The molecule has 1 aliphatic carbocycles. The molecule has 0 amide bonds. The third-order valence-corrected chi connectivity index (χ3v) is 5.89. The summed E-state index contributed by atoms with van der Waals surface area (Å²) in [6, 6.07) is 2.05. The average Bonchev–Trinajstić information content (AvgIpc) is 3.10. The van der Waals surface area contributed by atoms with Gasteiger partial charge in [0.15, 0.2) is 5.82 Å². The van der Waals surface area contributed by atoms with Gasteiger partial charge >= 0.3 is 0 Å². The van der Waals surface area contributed by atoms with Gasteiger partial charge in [0.2, 0.25) is 0 Å². The van der Waals surface area contributed by atoms with Crippen LogP contribution in [0.1, 0.15) is 29.3 Å². The summed E-state index contributed by atoms with van der Waals surface area (Å²) in [5.74, 6) is 1.81. The third-order valence-electron chi connectivity index (χ3n) is 2.94. The molecule has 2 N–H and O–H groups in total. The number of nitrogens with zero attached hydrogens (tertiary/aromatic N) is 2. The van der Waals surface area contributed by atoms with Crippen molar-refractivity contribution < 1.29 is 0 Å². The van der Waals surface area contributed by atoms with Crippen LogP contribution >= 0.6 is 43.2 Å². The van der Waals surface area contributed by atoms with E-state index in [9.17, 15) is 0 Å². The zero-order chi connectivity index (χ0) is 12.9. The van der Waals surface area contributed by atoms with Crippen LogP contribution in [0.25, 0.3) is 10.7 Å². The number of hydrogen-bond donors (Lipinski definition) is 1. The number of rotatable bonds is 2. The predicted octanol–water partition coefficient (Wildman–Crippen LogP) is 4.50. The summed E-state index contributed by atoms with van der Waals surface area (Å²) in [6.45, 7) is 2.07. The zero-order valence-corrected chi connectivity index (χ0v) is 13.7. The van der Waals surface area contributed by atoms with E-state index in [-0.39, 0.29) is 0 Å². The standard InChI is InChI=1S/C12H11Br2N3S/c1-5-7(13)4-8(18-5)12-16-10(6-2-3-6)9(14)11(15)17-12/h4,6H,2-3H2,1H3,(H2,15,16,17). The molecule has 0 spiro atoms. The van der Waals surface area contributed by atoms with Crippen LogP contribution in [0.3, 0.4) is 0 Å². The van der Waals surface area contributed by atoms with Crippen molar-refractivity contribution in [2.24, 2.45) is 0 Å². The molecule has 3 rings (SSSR count). The maximum absolute atomic E-state index is 5.96. The molecule has 0 aromatic carbocycles. The van der Waals surface area contributed by atoms with Crippen LogP contribution in [-0.4, -0.2) is 9.97 Å². The Kier molecular flexibility index (Phi) is 3.20. The van der Waals surface area contributed by atoms with Crippen molar-refractivity contribution in [2.75, 3.05) is 5.73 Å². The second kappa shape index (κ2) is 4.58. The minimum absolute atomic E-state index is 0.532. The van der Waals surface area contributed by atoms with Crippen LogP contribution in [0.15, 0.2) is 15.0 Å². The molecular formula is C12H11Br2N3S. The first-order chi connectivity index (χ1) is 8.56. The lowest BCUT2D eigenvalue weighted by atomic mass is 10.2. The van der Waals surface area contributed by atoms with Gasteiger partial charge in [-0.15, -0.1) is 11.3 Å². The summed E-state index contributed by atoms with van der Waals surface area (Å²) in [5, 5.41) is 0. The van der Waals surface area contributed by atoms with Gasteiger partial charge < -0.3 is 5.73 Å². The van der Waals surface area contributed by atoms with Crippen LogP contribution in [0.5, 0.6) is 0 Å². The second-order valence-corrected chi connectivity index (χ2v) is 7.32. The first-order valence-corrected chi connectivity index (χ1v) is 8.05. The Hall–Kier alpha value is -0.460. The van der Waals surface area contributed by atoms with Gasteiger partial charge in [0.05, 0.1) is 15.0 Å². The van der Waals surface area contributed by atoms with E-state index >= 15 is 0 Å². The number of hydrogen-bond acceptors (Lipinski definition) is 4. The highest BCUT2D eigenvalue weighted by molar-refractivity contribution is 9.11. The summed E-state index contributed by atoms with van der Waals surface area (Å²) in [6.07, 6.45) is 2.39. The number of aromatic nitrogens is 2. The normalized spacial score (nSPS) is 15.1. The lowest BCUT2D eigenvalue weighted by molar-refractivity contribution is 0.986. The van der Waals surface area contributed by atoms with Crippen molar-refractivity contribution in [3.8, 4) is 10.7 Å². The molecule has 3 nitrogen and oxygen atoms in total. The highest BCUT2D eigenvalue weighted by atomic mass is 79.9. The Morgan fingerprint density at radius 2 is 2.06 bits per heavy atom. The molecule has 0 aliphatic heterocycles. The van der Waals surface area contributed by atoms with Crippen LogP contribution in [0.2, 0.25) is 0 Å². The van der Waals surface area contributed by atoms with Gasteiger partial charge in [0.25, 0.3) is 0 Å². The molecule has 18 heavy (non-hydrogen) atoms. The molecule has 6 heteroatoms. The first kappa shape index (κ1) is 12.6. The minimum atomic E-state index is 0.532. The molecule has 0 unspecified atom stereocenters. The smallest absolute Gasteiger partial charge is 0.171 e. The molecule has 0 saturated heterocycles. The Labute approximate surface area is 126 Å². The minimum Gasteiger partial charge on any atom is -0.383 e. The van der Waals surface area contributed by atoms with Crippen molar-refractivity contribution in [3.05, 3.63) is 25.6 Å². The van der Waals surface area contributed by atoms with Crippen molar-refractivity contribution in [1.82, 2.24) is 9.97 Å². The number of thiophene rings is 1. The topological polar surface area (TPSA) is 51.8 Å². The summed E-state index contributed by atoms with van der Waals surface area (Å²) in [5.41, 5.74) is 7.02. The summed E-state index contributed by atoms with van der Waals surface area (Å²) < 4.78 is 1.96. The predicted molar refractivity (Wildman–Crippen MR) is 81.9 cm³/mol. The molecular weight excluding hydrogens is 378 g/mol. The Bertz CT molecular complexity index is 601. The number of nitrogens with two attached hydrogens (primary N) is 1. The van der Waals surface area contributed by atoms with E-state index in [1.54, 1.807) is 11.3 Å². The van der Waals surface area contributed by atoms with Crippen LogP contribution in [-0.2, 0) is 0 Å². The molecule has 2 heterocycles. The van der Waals surface area contributed by atoms with Gasteiger partial charge in [-0.25, -0.2) is 9.97 Å². The molecule has 2 aromatic heterocycles. The Morgan fingerprint density at radius 3 is 2.61 bits per heavy atom. The van der Waals surface area contributed by atoms with Gasteiger partial charge in [0.1, 0.15) is 5.82 Å². The van der Waals surface area contributed by atoms with Gasteiger partial charge in [-0.05, 0) is 57.7 Å². The maximum atomic E-state index is 5.96. The molecule has 0 bridgehead atoms. The van der Waals surface area contributed by atoms with Crippen molar-refractivity contribution >= 4 is 49.0 Å². The van der Waals surface area contributed by atoms with Crippen LogP contribution in [0, 0.1) is 6.92 Å². The van der Waals surface area contributed by atoms with Gasteiger partial charge in [-0.2, -0.15) is 0 Å². The van der Waals surface area contributed by atoms with E-state index in [4.69, 9.17) is 5.73 Å². The molecule has 0 radical (unpaired) electrons. The number of anilines is 1. The summed E-state index contributed by atoms with van der Waals surface area (Å²) in [7, 11) is 0. The highest BCUT2D eigenvalue weighted by Gasteiger charge is 2.29. The summed E-state index contributed by atoms with van der Waals surface area (Å²) >= 11 is 8.69. The van der Waals surface area contributed by atoms with Crippen molar-refractivity contribution in [1.29, 1.82) is 0 Å². The monoisotopic (exact) mass is 387 g/mol. The molecule has 2 aromatic rings. The van der Waals surface area contributed by atoms with E-state index < -0.39 is 0 Å². The second-order valence-electron chi connectivity index (χ2n) is 4.42. The third kappa shape index (κ3) is 2.21. The van der Waals surface area contributed by atoms with Crippen molar-refractivity contribution in [2.45, 2.75) is 25.7 Å².